The molecular formula is C134H102. The largest absolute Gasteiger partial charge is 0.0622 e. The van der Waals surface area contributed by atoms with Crippen LogP contribution in [0.2, 0.25) is 0 Å². The number of rotatable bonds is 8. The van der Waals surface area contributed by atoms with E-state index in [0.717, 1.165) is 0 Å². The summed E-state index contributed by atoms with van der Waals surface area (Å²) in [5, 5.41) is 12.8. The van der Waals surface area contributed by atoms with E-state index in [1.807, 2.05) is 0 Å². The third-order valence-electron chi connectivity index (χ3n) is 32.8. The van der Waals surface area contributed by atoms with Crippen LogP contribution < -0.4 is 0 Å². The van der Waals surface area contributed by atoms with Gasteiger partial charge in [-0.25, -0.2) is 0 Å². The average Bonchev–Trinajstić information content (AvgIpc) is 1.26. The summed E-state index contributed by atoms with van der Waals surface area (Å²) in [5.41, 5.74) is 52.5. The Morgan fingerprint density at radius 2 is 0.336 bits per heavy atom. The third-order valence-corrected chi connectivity index (χ3v) is 32.8. The molecule has 21 aromatic carbocycles. The van der Waals surface area contributed by atoms with E-state index in [9.17, 15) is 0 Å². The SMILES string of the molecule is CC1(C)c2ccccc2-c2cc(-c3c4ccccc4c(-c4ccc5c(c4)C(C)(C)c4cc(-c6cccc7ccccc67)ccc4-5)c4ccc(-c5ccc6c(c5)C(C)(C)c5ccccc5-6)cc34)ccc21.CC1(C)c2ccccc2-c2cc(-c3c4ccccc4c(-c4ccc5c(c4)C(C)(C)c4cc(-c6ccccc6)ccc4-5)c4ccc(-c5ccc6c(c5)C(C)(C)c5ccccc5-6)cc34)ccc21. The second-order valence-electron chi connectivity index (χ2n) is 42.0. The van der Waals surface area contributed by atoms with Gasteiger partial charge in [0.25, 0.3) is 0 Å². The Hall–Kier alpha value is -15.1. The third kappa shape index (κ3) is 11.5. The predicted molar refractivity (Wildman–Crippen MR) is 569 cm³/mol. The number of fused-ring (bicyclic) bond motifs is 23. The maximum atomic E-state index is 2.52. The molecule has 0 aromatic heterocycles. The van der Waals surface area contributed by atoms with Crippen molar-refractivity contribution in [3.63, 3.8) is 0 Å². The van der Waals surface area contributed by atoms with Crippen LogP contribution in [-0.4, -0.2) is 0 Å². The molecule has 21 aromatic rings. The monoisotopic (exact) mass is 1710 g/mol. The van der Waals surface area contributed by atoms with Crippen LogP contribution in [0.1, 0.15) is 150 Å². The highest BCUT2D eigenvalue weighted by atomic mass is 14.5. The molecule has 0 nitrogen and oxygen atoms in total. The lowest BCUT2D eigenvalue weighted by Gasteiger charge is -2.24. The zero-order valence-electron chi connectivity index (χ0n) is 78.1. The zero-order valence-corrected chi connectivity index (χ0v) is 78.1. The van der Waals surface area contributed by atoms with Gasteiger partial charge < -0.3 is 0 Å². The van der Waals surface area contributed by atoms with Gasteiger partial charge in [0.2, 0.25) is 0 Å². The molecule has 0 bridgehead atoms. The molecule has 0 N–H and O–H groups in total. The molecule has 0 unspecified atom stereocenters. The Bertz CT molecular complexity index is 8710. The molecular weight excluding hydrogens is 1610 g/mol. The van der Waals surface area contributed by atoms with Crippen molar-refractivity contribution in [3.05, 3.63) is 467 Å². The summed E-state index contributed by atoms with van der Waals surface area (Å²) < 4.78 is 0. The van der Waals surface area contributed by atoms with Gasteiger partial charge >= 0.3 is 0 Å². The van der Waals surface area contributed by atoms with E-state index < -0.39 is 0 Å². The van der Waals surface area contributed by atoms with Gasteiger partial charge in [0, 0.05) is 32.5 Å². The van der Waals surface area contributed by atoms with Crippen molar-refractivity contribution in [2.75, 3.05) is 0 Å². The van der Waals surface area contributed by atoms with Crippen LogP contribution in [0.3, 0.4) is 0 Å². The van der Waals surface area contributed by atoms with Crippen LogP contribution in [0, 0.1) is 0 Å². The number of benzene rings is 21. The van der Waals surface area contributed by atoms with Crippen molar-refractivity contribution in [3.8, 4) is 156 Å². The van der Waals surface area contributed by atoms with E-state index in [2.05, 4.69) is 483 Å². The topological polar surface area (TPSA) is 0 Å². The molecule has 134 heavy (non-hydrogen) atoms. The summed E-state index contributed by atoms with van der Waals surface area (Å²) in [4.78, 5) is 0. The minimum atomic E-state index is -0.199. The van der Waals surface area contributed by atoms with Crippen LogP contribution in [-0.2, 0) is 32.5 Å². The minimum absolute atomic E-state index is 0.0588. The number of hydrogen-bond donors (Lipinski definition) is 0. The van der Waals surface area contributed by atoms with E-state index in [0.29, 0.717) is 0 Å². The highest BCUT2D eigenvalue weighted by Gasteiger charge is 2.43. The van der Waals surface area contributed by atoms with E-state index in [1.165, 1.54) is 276 Å². The molecule has 27 rings (SSSR count). The van der Waals surface area contributed by atoms with Crippen LogP contribution in [0.4, 0.5) is 0 Å². The summed E-state index contributed by atoms with van der Waals surface area (Å²) in [7, 11) is 0. The molecule has 0 aliphatic heterocycles. The van der Waals surface area contributed by atoms with Gasteiger partial charge in [0.1, 0.15) is 0 Å². The Balaban J connectivity index is 0.000000140. The fourth-order valence-corrected chi connectivity index (χ4v) is 25.7. The van der Waals surface area contributed by atoms with Crippen LogP contribution in [0.5, 0.6) is 0 Å². The fraction of sp³-hybridized carbons (Fsp3) is 0.134. The maximum absolute atomic E-state index is 2.52. The number of hydrogen-bond acceptors (Lipinski definition) is 0. The van der Waals surface area contributed by atoms with Crippen LogP contribution in [0.25, 0.3) is 210 Å². The first-order valence-electron chi connectivity index (χ1n) is 48.1. The second kappa shape index (κ2) is 28.7. The van der Waals surface area contributed by atoms with Crippen molar-refractivity contribution in [2.24, 2.45) is 0 Å². The Labute approximate surface area is 786 Å². The molecule has 0 heterocycles. The normalized spacial score (nSPS) is 15.2. The smallest absolute Gasteiger partial charge is 0.0159 e. The van der Waals surface area contributed by atoms with Crippen molar-refractivity contribution in [1.82, 2.24) is 0 Å². The van der Waals surface area contributed by atoms with Crippen molar-refractivity contribution < 1.29 is 0 Å². The highest BCUT2D eigenvalue weighted by Crippen LogP contribution is 2.60. The molecule has 0 saturated carbocycles. The van der Waals surface area contributed by atoms with Gasteiger partial charge in [-0.05, 0) is 337 Å². The van der Waals surface area contributed by atoms with Crippen molar-refractivity contribution in [1.29, 1.82) is 0 Å². The lowest BCUT2D eigenvalue weighted by molar-refractivity contribution is 0.660. The quantitative estimate of drug-likeness (QED) is 0.133. The van der Waals surface area contributed by atoms with E-state index in [1.54, 1.807) is 0 Å². The molecule has 638 valence electrons. The lowest BCUT2D eigenvalue weighted by atomic mass is 9.79. The molecule has 6 aliphatic rings. The van der Waals surface area contributed by atoms with Crippen LogP contribution in [0.15, 0.2) is 400 Å². The van der Waals surface area contributed by atoms with Gasteiger partial charge in [-0.3, -0.25) is 0 Å². The average molecular weight is 1710 g/mol. The second-order valence-corrected chi connectivity index (χ2v) is 42.0. The molecule has 0 fully saturated rings. The molecule has 0 amide bonds. The van der Waals surface area contributed by atoms with Crippen molar-refractivity contribution in [2.45, 2.75) is 116 Å². The molecule has 0 radical (unpaired) electrons. The zero-order chi connectivity index (χ0) is 90.5. The molecule has 6 aliphatic carbocycles. The Morgan fingerprint density at radius 3 is 0.731 bits per heavy atom. The highest BCUT2D eigenvalue weighted by molar-refractivity contribution is 6.24. The first kappa shape index (κ1) is 79.8. The van der Waals surface area contributed by atoms with E-state index in [4.69, 9.17) is 0 Å². The summed E-state index contributed by atoms with van der Waals surface area (Å²) in [5.74, 6) is 0. The lowest BCUT2D eigenvalue weighted by Crippen LogP contribution is -2.15. The molecule has 0 atom stereocenters. The molecule has 0 spiro atoms. The van der Waals surface area contributed by atoms with Gasteiger partial charge in [0.05, 0.1) is 0 Å². The van der Waals surface area contributed by atoms with E-state index >= 15 is 0 Å². The summed E-state index contributed by atoms with van der Waals surface area (Å²) in [6.07, 6.45) is 0. The Morgan fingerprint density at radius 1 is 0.112 bits per heavy atom. The fourth-order valence-electron chi connectivity index (χ4n) is 25.7. The van der Waals surface area contributed by atoms with Gasteiger partial charge in [-0.1, -0.05) is 423 Å². The standard InChI is InChI=1S/C69H52.C65H50/c1-67(2)60-25-14-12-20-50(60)57-37-45(30-35-61(57)67)66-55-22-10-9-21-54(55)65(56-34-27-42(36-58(56)66)43-26-31-51-49-19-11-13-24-59(49)68(3,4)62(51)38-43)46-29-33-53-52-32-28-44(39-63(52)69(5,6)64(53)40-46)48-23-15-17-41-16-7-8-18-47(41)48;1-63(2)56-23-15-13-19-46(56)53-35-43(28-33-57(53)63)62-51-21-11-10-20-50(51)61(44-27-31-49-48-29-24-41(39-16-8-7-9-17-39)36-59(48)65(5,6)60(49)38-44)52-32-26-40(34-54(52)62)42-25-30-47-45-18-12-14-22-55(45)64(3,4)58(47)37-42/h7-40H,1-6H3;7-38H,1-6H3. The maximum Gasteiger partial charge on any atom is 0.0159 e. The van der Waals surface area contributed by atoms with Crippen molar-refractivity contribution >= 4 is 53.9 Å². The summed E-state index contributed by atoms with van der Waals surface area (Å²) in [6, 6.07) is 153. The summed E-state index contributed by atoms with van der Waals surface area (Å²) in [6.45, 7) is 28.7. The predicted octanol–water partition coefficient (Wildman–Crippen LogP) is 36.3. The van der Waals surface area contributed by atoms with Gasteiger partial charge in [-0.15, -0.1) is 0 Å². The van der Waals surface area contributed by atoms with Gasteiger partial charge in [-0.2, -0.15) is 0 Å². The first-order valence-corrected chi connectivity index (χ1v) is 48.1. The first-order chi connectivity index (χ1) is 65.0. The Kier molecular flexibility index (Phi) is 17.1. The van der Waals surface area contributed by atoms with Gasteiger partial charge in [0.15, 0.2) is 0 Å². The molecule has 0 saturated heterocycles. The molecule has 0 heteroatoms. The van der Waals surface area contributed by atoms with Crippen LogP contribution >= 0.6 is 0 Å². The minimum Gasteiger partial charge on any atom is -0.0622 e. The van der Waals surface area contributed by atoms with E-state index in [-0.39, 0.29) is 32.5 Å². The summed E-state index contributed by atoms with van der Waals surface area (Å²) >= 11 is 0.